The first kappa shape index (κ1) is 25.4. The number of ether oxygens (including phenoxy) is 1. The zero-order valence-electron chi connectivity index (χ0n) is 17.9. The Hall–Kier alpha value is -0.850. The topological polar surface area (TPSA) is 96.2 Å². The molecule has 0 saturated carbocycles. The number of likely N-dealkylation sites (tertiary alicyclic amines) is 1. The van der Waals surface area contributed by atoms with Gasteiger partial charge in [0, 0.05) is 39.6 Å². The monoisotopic (exact) mass is 554 g/mol. The van der Waals surface area contributed by atoms with Crippen LogP contribution in [-0.2, 0) is 14.6 Å². The van der Waals surface area contributed by atoms with Gasteiger partial charge in [-0.25, -0.2) is 8.42 Å². The van der Waals surface area contributed by atoms with Crippen molar-refractivity contribution in [2.75, 3.05) is 52.7 Å². The Balaban J connectivity index is 0.00000320. The van der Waals surface area contributed by atoms with Crippen molar-refractivity contribution in [2.45, 2.75) is 42.9 Å². The van der Waals surface area contributed by atoms with Gasteiger partial charge < -0.3 is 19.8 Å². The molecule has 2 aliphatic heterocycles. The number of sulfone groups is 1. The molecular weight excluding hydrogens is 519 g/mol. The van der Waals surface area contributed by atoms with Gasteiger partial charge in [0.2, 0.25) is 0 Å². The molecule has 8 nitrogen and oxygen atoms in total. The third-order valence-electron chi connectivity index (χ3n) is 6.16. The van der Waals surface area contributed by atoms with Crippen LogP contribution in [-0.4, -0.2) is 76.7 Å². The van der Waals surface area contributed by atoms with E-state index < -0.39 is 14.6 Å². The second-order valence-corrected chi connectivity index (χ2v) is 10.4. The van der Waals surface area contributed by atoms with Crippen LogP contribution in [0.15, 0.2) is 27.8 Å². The minimum Gasteiger partial charge on any atom is -0.468 e. The van der Waals surface area contributed by atoms with E-state index >= 15 is 0 Å². The number of piperidine rings is 1. The highest BCUT2D eigenvalue weighted by atomic mass is 127. The number of hydrogen-bond donors (Lipinski definition) is 2. The van der Waals surface area contributed by atoms with Gasteiger partial charge in [0.05, 0.1) is 17.1 Å². The van der Waals surface area contributed by atoms with Crippen LogP contribution in [0.1, 0.15) is 43.9 Å². The lowest BCUT2D eigenvalue weighted by Gasteiger charge is -2.36. The number of furan rings is 1. The Kier molecular flexibility index (Phi) is 9.89. The van der Waals surface area contributed by atoms with Gasteiger partial charge in [0.1, 0.15) is 5.76 Å². The van der Waals surface area contributed by atoms with E-state index in [1.165, 1.54) is 25.5 Å². The van der Waals surface area contributed by atoms with E-state index in [-0.39, 0.29) is 30.0 Å². The first-order chi connectivity index (χ1) is 14.0. The van der Waals surface area contributed by atoms with Gasteiger partial charge in [-0.3, -0.25) is 9.89 Å². The maximum Gasteiger partial charge on any atom is 0.191 e. The van der Waals surface area contributed by atoms with Gasteiger partial charge in [-0.1, -0.05) is 6.42 Å². The molecule has 3 rings (SSSR count). The van der Waals surface area contributed by atoms with Crippen LogP contribution < -0.4 is 10.6 Å². The zero-order chi connectivity index (χ0) is 20.7. The summed E-state index contributed by atoms with van der Waals surface area (Å²) in [5.74, 6) is 1.54. The smallest absolute Gasteiger partial charge is 0.191 e. The fourth-order valence-electron chi connectivity index (χ4n) is 4.20. The predicted molar refractivity (Wildman–Crippen MR) is 129 cm³/mol. The number of guanidine groups is 1. The van der Waals surface area contributed by atoms with Crippen LogP contribution in [0.2, 0.25) is 0 Å². The molecule has 2 saturated heterocycles. The Morgan fingerprint density at radius 2 is 1.93 bits per heavy atom. The molecule has 1 aromatic heterocycles. The summed E-state index contributed by atoms with van der Waals surface area (Å²) in [6, 6.07) is 4.05. The molecule has 1 aromatic rings. The molecule has 3 heterocycles. The Morgan fingerprint density at radius 3 is 2.50 bits per heavy atom. The van der Waals surface area contributed by atoms with Gasteiger partial charge in [0.25, 0.3) is 0 Å². The molecule has 10 heteroatoms. The third kappa shape index (κ3) is 6.33. The summed E-state index contributed by atoms with van der Waals surface area (Å²) in [5.41, 5.74) is 0. The summed E-state index contributed by atoms with van der Waals surface area (Å²) in [4.78, 5) is 6.75. The van der Waals surface area contributed by atoms with Crippen LogP contribution in [0, 0.1) is 0 Å². The highest BCUT2D eigenvalue weighted by molar-refractivity contribution is 14.0. The SMILES string of the molecule is CN=C(NCC(c1ccco1)N1CCCCC1)NCC1(S(C)(=O)=O)CCOCC1.I. The Morgan fingerprint density at radius 1 is 1.23 bits per heavy atom. The molecule has 0 radical (unpaired) electrons. The van der Waals surface area contributed by atoms with Crippen LogP contribution in [0.4, 0.5) is 0 Å². The van der Waals surface area contributed by atoms with Crippen molar-refractivity contribution < 1.29 is 17.6 Å². The quantitative estimate of drug-likeness (QED) is 0.303. The summed E-state index contributed by atoms with van der Waals surface area (Å²) in [7, 11) is -1.52. The molecule has 0 bridgehead atoms. The van der Waals surface area contributed by atoms with Crippen LogP contribution in [0.5, 0.6) is 0 Å². The summed E-state index contributed by atoms with van der Waals surface area (Å²) in [6.45, 7) is 4.01. The summed E-state index contributed by atoms with van der Waals surface area (Å²) < 4.78 is 35.2. The summed E-state index contributed by atoms with van der Waals surface area (Å²) in [5, 5.41) is 6.62. The molecule has 2 fully saturated rings. The van der Waals surface area contributed by atoms with E-state index in [0.717, 1.165) is 18.8 Å². The highest BCUT2D eigenvalue weighted by Gasteiger charge is 2.42. The molecular formula is C20H35IN4O4S. The molecule has 2 N–H and O–H groups in total. The Labute approximate surface area is 197 Å². The third-order valence-corrected chi connectivity index (χ3v) is 8.28. The number of nitrogens with zero attached hydrogens (tertiary/aromatic N) is 2. The fourth-order valence-corrected chi connectivity index (χ4v) is 5.44. The predicted octanol–water partition coefficient (Wildman–Crippen LogP) is 2.18. The molecule has 30 heavy (non-hydrogen) atoms. The molecule has 1 unspecified atom stereocenters. The van der Waals surface area contributed by atoms with Gasteiger partial charge in [-0.05, 0) is 50.9 Å². The molecule has 0 aromatic carbocycles. The van der Waals surface area contributed by atoms with Crippen molar-refractivity contribution in [3.8, 4) is 0 Å². The van der Waals surface area contributed by atoms with Gasteiger partial charge in [-0.15, -0.1) is 24.0 Å². The number of nitrogens with one attached hydrogen (secondary N) is 2. The minimum atomic E-state index is -3.22. The van der Waals surface area contributed by atoms with Crippen molar-refractivity contribution in [2.24, 2.45) is 4.99 Å². The molecule has 1 atom stereocenters. The lowest BCUT2D eigenvalue weighted by molar-refractivity contribution is 0.0756. The maximum absolute atomic E-state index is 12.5. The second kappa shape index (κ2) is 11.7. The van der Waals surface area contributed by atoms with Crippen LogP contribution in [0.3, 0.4) is 0 Å². The Bertz CT molecular complexity index is 758. The first-order valence-electron chi connectivity index (χ1n) is 10.4. The molecule has 2 aliphatic rings. The normalized spacial score (nSPS) is 21.5. The van der Waals surface area contributed by atoms with E-state index in [4.69, 9.17) is 9.15 Å². The summed E-state index contributed by atoms with van der Waals surface area (Å²) in [6.07, 6.45) is 7.69. The van der Waals surface area contributed by atoms with E-state index in [9.17, 15) is 8.42 Å². The summed E-state index contributed by atoms with van der Waals surface area (Å²) >= 11 is 0. The number of hydrogen-bond acceptors (Lipinski definition) is 6. The minimum absolute atomic E-state index is 0. The largest absolute Gasteiger partial charge is 0.468 e. The highest BCUT2D eigenvalue weighted by Crippen LogP contribution is 2.29. The van der Waals surface area contributed by atoms with E-state index in [2.05, 4.69) is 20.5 Å². The van der Waals surface area contributed by atoms with Crippen LogP contribution >= 0.6 is 24.0 Å². The second-order valence-electron chi connectivity index (χ2n) is 8.00. The standard InChI is InChI=1S/C20H34N4O4S.HI/c1-21-19(23-16-20(29(2,25)26)8-13-27-14-9-20)22-15-17(18-7-6-12-28-18)24-10-4-3-5-11-24;/h6-7,12,17H,3-5,8-11,13-16H2,1-2H3,(H2,21,22,23);1H. The number of rotatable bonds is 7. The molecule has 0 amide bonds. The lowest BCUT2D eigenvalue weighted by atomic mass is 9.99. The van der Waals surface area contributed by atoms with Crippen molar-refractivity contribution >= 4 is 39.8 Å². The van der Waals surface area contributed by atoms with Gasteiger partial charge in [0.15, 0.2) is 15.8 Å². The van der Waals surface area contributed by atoms with Crippen molar-refractivity contribution in [3.63, 3.8) is 0 Å². The van der Waals surface area contributed by atoms with Crippen molar-refractivity contribution in [1.82, 2.24) is 15.5 Å². The zero-order valence-corrected chi connectivity index (χ0v) is 21.1. The molecule has 172 valence electrons. The average molecular weight is 554 g/mol. The first-order valence-corrected chi connectivity index (χ1v) is 12.3. The van der Waals surface area contributed by atoms with E-state index in [1.54, 1.807) is 13.3 Å². The van der Waals surface area contributed by atoms with Crippen LogP contribution in [0.25, 0.3) is 0 Å². The molecule has 0 aliphatic carbocycles. The van der Waals surface area contributed by atoms with Crippen molar-refractivity contribution in [3.05, 3.63) is 24.2 Å². The fraction of sp³-hybridized carbons (Fsp3) is 0.750. The lowest BCUT2D eigenvalue weighted by Crippen LogP contribution is -2.54. The number of halogens is 1. The van der Waals surface area contributed by atoms with Crippen molar-refractivity contribution in [1.29, 1.82) is 0 Å². The van der Waals surface area contributed by atoms with Gasteiger partial charge in [-0.2, -0.15) is 0 Å². The average Bonchev–Trinajstić information content (AvgIpc) is 3.25. The number of aliphatic imine (C=N–C) groups is 1. The molecule has 0 spiro atoms. The van der Waals surface area contributed by atoms with Gasteiger partial charge >= 0.3 is 0 Å². The van der Waals surface area contributed by atoms with E-state index in [0.29, 0.717) is 45.1 Å². The van der Waals surface area contributed by atoms with E-state index in [1.807, 2.05) is 12.1 Å². The maximum atomic E-state index is 12.5.